The lowest BCUT2D eigenvalue weighted by Gasteiger charge is -2.34. The van der Waals surface area contributed by atoms with Crippen LogP contribution in [0.5, 0.6) is 5.75 Å². The Bertz CT molecular complexity index is 591. The molecule has 0 aromatic heterocycles. The van der Waals surface area contributed by atoms with Gasteiger partial charge in [-0.05, 0) is 30.0 Å². The predicted molar refractivity (Wildman–Crippen MR) is 84.8 cm³/mol. The third-order valence-electron chi connectivity index (χ3n) is 3.92. The molecule has 0 saturated heterocycles. The van der Waals surface area contributed by atoms with Gasteiger partial charge in [-0.3, -0.25) is 0 Å². The van der Waals surface area contributed by atoms with Crippen molar-refractivity contribution in [3.8, 4) is 5.75 Å². The largest absolute Gasteiger partial charge is 0.495 e. The van der Waals surface area contributed by atoms with Crippen LogP contribution >= 0.6 is 0 Å². The van der Waals surface area contributed by atoms with Gasteiger partial charge in [-0.25, -0.2) is 8.42 Å². The van der Waals surface area contributed by atoms with E-state index >= 15 is 0 Å². The zero-order chi connectivity index (χ0) is 16.4. The maximum Gasteiger partial charge on any atom is 0.246 e. The van der Waals surface area contributed by atoms with Crippen molar-refractivity contribution in [3.05, 3.63) is 23.8 Å². The fourth-order valence-electron chi connectivity index (χ4n) is 1.96. The highest BCUT2D eigenvalue weighted by Crippen LogP contribution is 2.32. The summed E-state index contributed by atoms with van der Waals surface area (Å²) in [6, 6.07) is 4.84. The van der Waals surface area contributed by atoms with Gasteiger partial charge in [-0.15, -0.1) is 0 Å². The molecule has 0 aliphatic heterocycles. The van der Waals surface area contributed by atoms with E-state index in [0.717, 1.165) is 5.56 Å². The van der Waals surface area contributed by atoms with E-state index in [4.69, 9.17) is 10.5 Å². The Morgan fingerprint density at radius 1 is 1.33 bits per heavy atom. The van der Waals surface area contributed by atoms with Gasteiger partial charge in [0, 0.05) is 19.6 Å². The number of hydrogen-bond donors (Lipinski definition) is 1. The normalized spacial score (nSPS) is 14.3. The van der Waals surface area contributed by atoms with Gasteiger partial charge < -0.3 is 10.5 Å². The summed E-state index contributed by atoms with van der Waals surface area (Å²) in [5.41, 5.74) is 6.20. The Morgan fingerprint density at radius 2 is 1.90 bits per heavy atom. The van der Waals surface area contributed by atoms with E-state index in [0.29, 0.717) is 5.75 Å². The minimum atomic E-state index is -3.64. The van der Waals surface area contributed by atoms with Crippen LogP contribution < -0.4 is 10.5 Å². The minimum Gasteiger partial charge on any atom is -0.495 e. The van der Waals surface area contributed by atoms with Crippen LogP contribution in [0.25, 0.3) is 0 Å². The molecule has 0 fully saturated rings. The molecule has 5 nitrogen and oxygen atoms in total. The molecule has 2 N–H and O–H groups in total. The van der Waals surface area contributed by atoms with Gasteiger partial charge in [0.25, 0.3) is 0 Å². The number of methoxy groups -OCH3 is 1. The van der Waals surface area contributed by atoms with Gasteiger partial charge in [-0.2, -0.15) is 4.31 Å². The molecule has 0 saturated carbocycles. The second-order valence-corrected chi connectivity index (χ2v) is 8.22. The second kappa shape index (κ2) is 6.34. The Labute approximate surface area is 128 Å². The van der Waals surface area contributed by atoms with Crippen molar-refractivity contribution in [2.45, 2.75) is 45.2 Å². The van der Waals surface area contributed by atoms with Crippen LogP contribution in [0.3, 0.4) is 0 Å². The van der Waals surface area contributed by atoms with Crippen molar-refractivity contribution in [3.63, 3.8) is 0 Å². The van der Waals surface area contributed by atoms with Gasteiger partial charge in [0.15, 0.2) is 0 Å². The second-order valence-electron chi connectivity index (χ2n) is 6.25. The Kier molecular flexibility index (Phi) is 5.41. The summed E-state index contributed by atoms with van der Waals surface area (Å²) in [7, 11) is -0.585. The maximum absolute atomic E-state index is 12.9. The fourth-order valence-corrected chi connectivity index (χ4v) is 3.71. The average Bonchev–Trinajstić information content (AvgIpc) is 2.43. The molecule has 1 unspecified atom stereocenters. The highest BCUT2D eigenvalue weighted by Gasteiger charge is 2.34. The maximum atomic E-state index is 12.9. The van der Waals surface area contributed by atoms with Crippen LogP contribution in [0, 0.1) is 5.41 Å². The van der Waals surface area contributed by atoms with E-state index < -0.39 is 10.0 Å². The summed E-state index contributed by atoms with van der Waals surface area (Å²) in [4.78, 5) is 0.159. The zero-order valence-electron chi connectivity index (χ0n) is 13.7. The molecule has 0 heterocycles. The first-order valence-corrected chi connectivity index (χ1v) is 8.34. The van der Waals surface area contributed by atoms with Gasteiger partial charge in [0.2, 0.25) is 10.0 Å². The highest BCUT2D eigenvalue weighted by molar-refractivity contribution is 7.89. The number of benzene rings is 1. The standard InChI is InChI=1S/C15H26N2O3S/c1-11(15(2,3)4)17(5)21(18,19)14-9-12(10-16)7-8-13(14)20-6/h7-9,11H,10,16H2,1-6H3. The van der Waals surface area contributed by atoms with Gasteiger partial charge in [0.1, 0.15) is 10.6 Å². The van der Waals surface area contributed by atoms with Gasteiger partial charge >= 0.3 is 0 Å². The van der Waals surface area contributed by atoms with Crippen molar-refractivity contribution in [2.24, 2.45) is 11.1 Å². The summed E-state index contributed by atoms with van der Waals surface area (Å²) in [5, 5.41) is 0. The zero-order valence-corrected chi connectivity index (χ0v) is 14.5. The third kappa shape index (κ3) is 3.75. The van der Waals surface area contributed by atoms with Crippen LogP contribution in [-0.4, -0.2) is 32.9 Å². The lowest BCUT2D eigenvalue weighted by molar-refractivity contribution is 0.216. The summed E-state index contributed by atoms with van der Waals surface area (Å²) in [6.45, 7) is 8.22. The number of rotatable bonds is 5. The van der Waals surface area contributed by atoms with Crippen molar-refractivity contribution < 1.29 is 13.2 Å². The molecule has 6 heteroatoms. The molecule has 0 radical (unpaired) electrons. The highest BCUT2D eigenvalue weighted by atomic mass is 32.2. The van der Waals surface area contributed by atoms with Crippen molar-refractivity contribution >= 4 is 10.0 Å². The smallest absolute Gasteiger partial charge is 0.246 e. The van der Waals surface area contributed by atoms with Crippen LogP contribution in [0.2, 0.25) is 0 Å². The van der Waals surface area contributed by atoms with E-state index in [1.165, 1.54) is 11.4 Å². The lowest BCUT2D eigenvalue weighted by Crippen LogP contribution is -2.43. The molecule has 1 aromatic rings. The minimum absolute atomic E-state index is 0.159. The fraction of sp³-hybridized carbons (Fsp3) is 0.600. The van der Waals surface area contributed by atoms with Crippen molar-refractivity contribution in [1.29, 1.82) is 0 Å². The summed E-state index contributed by atoms with van der Waals surface area (Å²) in [5.74, 6) is 0.333. The molecule has 1 aromatic carbocycles. The van der Waals surface area contributed by atoms with E-state index in [-0.39, 0.29) is 22.9 Å². The quantitative estimate of drug-likeness (QED) is 0.904. The van der Waals surface area contributed by atoms with Gasteiger partial charge in [-0.1, -0.05) is 26.8 Å². The van der Waals surface area contributed by atoms with Crippen LogP contribution in [0.1, 0.15) is 33.3 Å². The SMILES string of the molecule is COc1ccc(CN)cc1S(=O)(=O)N(C)C(C)C(C)(C)C. The predicted octanol–water partition coefficient (Wildman–Crippen LogP) is 2.21. The summed E-state index contributed by atoms with van der Waals surface area (Å²) >= 11 is 0. The first-order valence-electron chi connectivity index (χ1n) is 6.90. The van der Waals surface area contributed by atoms with Crippen molar-refractivity contribution in [2.75, 3.05) is 14.2 Å². The molecule has 0 bridgehead atoms. The Hall–Kier alpha value is -1.11. The van der Waals surface area contributed by atoms with E-state index in [1.54, 1.807) is 25.2 Å². The molecule has 1 rings (SSSR count). The third-order valence-corrected chi connectivity index (χ3v) is 5.87. The molecule has 120 valence electrons. The number of hydrogen-bond acceptors (Lipinski definition) is 4. The average molecular weight is 314 g/mol. The first kappa shape index (κ1) is 17.9. The van der Waals surface area contributed by atoms with Crippen LogP contribution in [0.4, 0.5) is 0 Å². The molecular weight excluding hydrogens is 288 g/mol. The van der Waals surface area contributed by atoms with E-state index in [1.807, 2.05) is 27.7 Å². The van der Waals surface area contributed by atoms with Gasteiger partial charge in [0.05, 0.1) is 7.11 Å². The van der Waals surface area contributed by atoms with Crippen LogP contribution in [-0.2, 0) is 16.6 Å². The molecule has 1 atom stereocenters. The number of nitrogens with zero attached hydrogens (tertiary/aromatic N) is 1. The number of ether oxygens (including phenoxy) is 1. The number of sulfonamides is 1. The topological polar surface area (TPSA) is 72.6 Å². The molecule has 21 heavy (non-hydrogen) atoms. The molecule has 0 amide bonds. The first-order chi connectivity index (χ1) is 9.55. The molecule has 0 spiro atoms. The Morgan fingerprint density at radius 3 is 2.33 bits per heavy atom. The van der Waals surface area contributed by atoms with Crippen molar-refractivity contribution in [1.82, 2.24) is 4.31 Å². The Balaban J connectivity index is 3.36. The van der Waals surface area contributed by atoms with E-state index in [9.17, 15) is 8.42 Å². The monoisotopic (exact) mass is 314 g/mol. The molecule has 0 aliphatic carbocycles. The van der Waals surface area contributed by atoms with Crippen LogP contribution in [0.15, 0.2) is 23.1 Å². The van der Waals surface area contributed by atoms with E-state index in [2.05, 4.69) is 0 Å². The lowest BCUT2D eigenvalue weighted by atomic mass is 9.88. The molecular formula is C15H26N2O3S. The number of nitrogens with two attached hydrogens (primary N) is 1. The molecule has 0 aliphatic rings. The summed E-state index contributed by atoms with van der Waals surface area (Å²) in [6.07, 6.45) is 0. The summed E-state index contributed by atoms with van der Waals surface area (Å²) < 4.78 is 32.3.